The van der Waals surface area contributed by atoms with Crippen LogP contribution in [0.5, 0.6) is 0 Å². The van der Waals surface area contributed by atoms with Crippen molar-refractivity contribution < 1.29 is 4.79 Å². The molecule has 0 bridgehead atoms. The van der Waals surface area contributed by atoms with Crippen molar-refractivity contribution in [2.45, 2.75) is 63.8 Å². The van der Waals surface area contributed by atoms with Crippen molar-refractivity contribution in [3.05, 3.63) is 0 Å². The summed E-state index contributed by atoms with van der Waals surface area (Å²) in [5.41, 5.74) is 0. The second kappa shape index (κ2) is 7.13. The van der Waals surface area contributed by atoms with E-state index in [4.69, 9.17) is 0 Å². The highest BCUT2D eigenvalue weighted by molar-refractivity contribution is 5.78. The molecular weight excluding hydrogens is 224 g/mol. The Balaban J connectivity index is 1.79. The molecule has 1 saturated carbocycles. The van der Waals surface area contributed by atoms with Crippen LogP contribution in [0.3, 0.4) is 0 Å². The van der Waals surface area contributed by atoms with Gasteiger partial charge in [-0.15, -0.1) is 0 Å². The summed E-state index contributed by atoms with van der Waals surface area (Å²) in [4.78, 5) is 14.4. The molecule has 1 heterocycles. The number of likely N-dealkylation sites (N-methyl/N-ethyl adjacent to an activating group) is 1. The van der Waals surface area contributed by atoms with E-state index in [0.717, 1.165) is 25.9 Å². The Morgan fingerprint density at radius 3 is 2.33 bits per heavy atom. The second-order valence-electron chi connectivity index (χ2n) is 6.05. The third-order valence-corrected chi connectivity index (χ3v) is 4.49. The lowest BCUT2D eigenvalue weighted by Gasteiger charge is -2.30. The molecule has 1 saturated heterocycles. The minimum atomic E-state index is 0.307. The van der Waals surface area contributed by atoms with Crippen LogP contribution < -0.4 is 5.32 Å². The third-order valence-electron chi connectivity index (χ3n) is 4.49. The molecule has 1 aliphatic carbocycles. The molecule has 0 radical (unpaired) electrons. The summed E-state index contributed by atoms with van der Waals surface area (Å²) in [5.74, 6) is 0.699. The highest BCUT2D eigenvalue weighted by atomic mass is 16.2. The Kier molecular flexibility index (Phi) is 5.48. The summed E-state index contributed by atoms with van der Waals surface area (Å²) in [5, 5.41) is 3.53. The molecule has 3 heteroatoms. The molecule has 1 N–H and O–H groups in total. The van der Waals surface area contributed by atoms with Crippen LogP contribution in [-0.2, 0) is 4.79 Å². The predicted molar refractivity (Wildman–Crippen MR) is 74.5 cm³/mol. The Labute approximate surface area is 111 Å². The first kappa shape index (κ1) is 13.9. The zero-order valence-electron chi connectivity index (χ0n) is 11.8. The fourth-order valence-corrected chi connectivity index (χ4v) is 3.34. The van der Waals surface area contributed by atoms with Gasteiger partial charge in [-0.25, -0.2) is 0 Å². The number of nitrogens with zero attached hydrogens (tertiary/aromatic N) is 1. The van der Waals surface area contributed by atoms with Crippen LogP contribution in [0.4, 0.5) is 0 Å². The average Bonchev–Trinajstić information content (AvgIpc) is 2.68. The molecule has 1 aliphatic heterocycles. The van der Waals surface area contributed by atoms with Gasteiger partial charge in [-0.1, -0.05) is 32.1 Å². The van der Waals surface area contributed by atoms with E-state index in [1.807, 2.05) is 11.9 Å². The summed E-state index contributed by atoms with van der Waals surface area (Å²) in [6.07, 6.45) is 11.2. The van der Waals surface area contributed by atoms with Crippen LogP contribution in [0.25, 0.3) is 0 Å². The molecule has 104 valence electrons. The average molecular weight is 252 g/mol. The first-order valence-corrected chi connectivity index (χ1v) is 7.76. The summed E-state index contributed by atoms with van der Waals surface area (Å²) in [6.45, 7) is 2.02. The van der Waals surface area contributed by atoms with Gasteiger partial charge in [-0.3, -0.25) is 4.79 Å². The second-order valence-corrected chi connectivity index (χ2v) is 6.05. The Morgan fingerprint density at radius 1 is 1.06 bits per heavy atom. The maximum atomic E-state index is 12.4. The minimum Gasteiger partial charge on any atom is -0.344 e. The zero-order valence-corrected chi connectivity index (χ0v) is 11.8. The fourth-order valence-electron chi connectivity index (χ4n) is 3.34. The van der Waals surface area contributed by atoms with Crippen LogP contribution in [0.15, 0.2) is 0 Å². The molecule has 0 aromatic heterocycles. The monoisotopic (exact) mass is 252 g/mol. The Hall–Kier alpha value is -0.570. The van der Waals surface area contributed by atoms with Gasteiger partial charge in [0.25, 0.3) is 0 Å². The van der Waals surface area contributed by atoms with Gasteiger partial charge in [-0.2, -0.15) is 0 Å². The largest absolute Gasteiger partial charge is 0.344 e. The van der Waals surface area contributed by atoms with E-state index >= 15 is 0 Å². The molecule has 1 amide bonds. The van der Waals surface area contributed by atoms with E-state index in [1.165, 1.54) is 44.9 Å². The van der Waals surface area contributed by atoms with Crippen LogP contribution >= 0.6 is 0 Å². The summed E-state index contributed by atoms with van der Waals surface area (Å²) >= 11 is 0. The van der Waals surface area contributed by atoms with Crippen molar-refractivity contribution >= 4 is 5.91 Å². The predicted octanol–water partition coefficient (Wildman–Crippen LogP) is 2.56. The van der Waals surface area contributed by atoms with E-state index in [0.29, 0.717) is 17.9 Å². The Morgan fingerprint density at radius 2 is 1.72 bits per heavy atom. The number of carbonyl (C=O) groups excluding carboxylic acids is 1. The van der Waals surface area contributed by atoms with Crippen molar-refractivity contribution in [2.75, 3.05) is 20.1 Å². The lowest BCUT2D eigenvalue weighted by atomic mass is 9.98. The van der Waals surface area contributed by atoms with Crippen molar-refractivity contribution in [2.24, 2.45) is 5.92 Å². The Bertz CT molecular complexity index is 253. The molecule has 0 spiro atoms. The first-order valence-electron chi connectivity index (χ1n) is 7.76. The lowest BCUT2D eigenvalue weighted by molar-refractivity contribution is -0.135. The molecule has 1 unspecified atom stereocenters. The number of hydrogen-bond donors (Lipinski definition) is 1. The molecule has 0 aromatic carbocycles. The maximum Gasteiger partial charge on any atom is 0.225 e. The number of carbonyl (C=O) groups is 1. The number of amides is 1. The molecule has 1 atom stereocenters. The van der Waals surface area contributed by atoms with E-state index in [9.17, 15) is 4.79 Å². The van der Waals surface area contributed by atoms with Gasteiger partial charge >= 0.3 is 0 Å². The van der Waals surface area contributed by atoms with Gasteiger partial charge in [-0.05, 0) is 32.2 Å². The highest BCUT2D eigenvalue weighted by Crippen LogP contribution is 2.24. The number of piperidine rings is 1. The van der Waals surface area contributed by atoms with Gasteiger partial charge in [0.2, 0.25) is 5.91 Å². The topological polar surface area (TPSA) is 32.3 Å². The third kappa shape index (κ3) is 3.98. The van der Waals surface area contributed by atoms with Crippen molar-refractivity contribution in [1.29, 1.82) is 0 Å². The van der Waals surface area contributed by atoms with Gasteiger partial charge in [0.05, 0.1) is 0 Å². The SMILES string of the molecule is CN(CC1CCCCN1)C(=O)C1CCCCCC1. The summed E-state index contributed by atoms with van der Waals surface area (Å²) < 4.78 is 0. The van der Waals surface area contributed by atoms with Crippen molar-refractivity contribution in [3.8, 4) is 0 Å². The van der Waals surface area contributed by atoms with E-state index in [-0.39, 0.29) is 0 Å². The molecule has 3 nitrogen and oxygen atoms in total. The van der Waals surface area contributed by atoms with Gasteiger partial charge in [0.15, 0.2) is 0 Å². The maximum absolute atomic E-state index is 12.4. The molecule has 0 aromatic rings. The van der Waals surface area contributed by atoms with Crippen LogP contribution in [0.1, 0.15) is 57.8 Å². The molecular formula is C15H28N2O. The quantitative estimate of drug-likeness (QED) is 0.783. The normalized spacial score (nSPS) is 26.6. The standard InChI is InChI=1S/C15H28N2O/c1-17(12-14-10-6-7-11-16-14)15(18)13-8-4-2-3-5-9-13/h13-14,16H,2-12H2,1H3. The first-order chi connectivity index (χ1) is 8.77. The van der Waals surface area contributed by atoms with Crippen LogP contribution in [0, 0.1) is 5.92 Å². The minimum absolute atomic E-state index is 0.307. The summed E-state index contributed by atoms with van der Waals surface area (Å²) in [6, 6.07) is 0.526. The smallest absolute Gasteiger partial charge is 0.225 e. The molecule has 2 rings (SSSR count). The summed E-state index contributed by atoms with van der Waals surface area (Å²) in [7, 11) is 1.99. The number of rotatable bonds is 3. The van der Waals surface area contributed by atoms with E-state index in [1.54, 1.807) is 0 Å². The molecule has 18 heavy (non-hydrogen) atoms. The van der Waals surface area contributed by atoms with Gasteiger partial charge < -0.3 is 10.2 Å². The van der Waals surface area contributed by atoms with Gasteiger partial charge in [0, 0.05) is 25.6 Å². The van der Waals surface area contributed by atoms with E-state index in [2.05, 4.69) is 5.32 Å². The van der Waals surface area contributed by atoms with Gasteiger partial charge in [0.1, 0.15) is 0 Å². The van der Waals surface area contributed by atoms with E-state index < -0.39 is 0 Å². The van der Waals surface area contributed by atoms with Crippen molar-refractivity contribution in [1.82, 2.24) is 10.2 Å². The number of hydrogen-bond acceptors (Lipinski definition) is 2. The van der Waals surface area contributed by atoms with Crippen LogP contribution in [0.2, 0.25) is 0 Å². The fraction of sp³-hybridized carbons (Fsp3) is 0.933. The highest BCUT2D eigenvalue weighted by Gasteiger charge is 2.25. The van der Waals surface area contributed by atoms with Crippen LogP contribution in [-0.4, -0.2) is 37.0 Å². The zero-order chi connectivity index (χ0) is 12.8. The molecule has 2 aliphatic rings. The van der Waals surface area contributed by atoms with Crippen molar-refractivity contribution in [3.63, 3.8) is 0 Å². The molecule has 2 fully saturated rings. The number of nitrogens with one attached hydrogen (secondary N) is 1. The lowest BCUT2D eigenvalue weighted by Crippen LogP contribution is -2.45.